The molecule has 0 saturated heterocycles. The van der Waals surface area contributed by atoms with Crippen molar-refractivity contribution in [2.45, 2.75) is 19.8 Å². The van der Waals surface area contributed by atoms with Crippen molar-refractivity contribution in [3.05, 3.63) is 149 Å². The zero-order chi connectivity index (χ0) is 37.2. The highest BCUT2D eigenvalue weighted by molar-refractivity contribution is 6.45. The van der Waals surface area contributed by atoms with Gasteiger partial charge in [-0.15, -0.1) is 0 Å². The number of amides is 4. The average Bonchev–Trinajstić information content (AvgIpc) is 3.16. The van der Waals surface area contributed by atoms with E-state index in [1.807, 2.05) is 26.0 Å². The van der Waals surface area contributed by atoms with Crippen LogP contribution in [0.5, 0.6) is 0 Å². The van der Waals surface area contributed by atoms with Crippen LogP contribution in [-0.4, -0.2) is 23.6 Å². The van der Waals surface area contributed by atoms with Crippen molar-refractivity contribution in [1.82, 2.24) is 0 Å². The first-order valence-corrected chi connectivity index (χ1v) is 17.0. The fourth-order valence-electron chi connectivity index (χ4n) is 8.41. The van der Waals surface area contributed by atoms with Crippen LogP contribution < -0.4 is 9.80 Å². The molecule has 4 amide bonds. The Kier molecular flexibility index (Phi) is 6.73. The third-order valence-electron chi connectivity index (χ3n) is 10.7. The molecule has 53 heavy (non-hydrogen) atoms. The molecule has 2 aliphatic rings. The second-order valence-corrected chi connectivity index (χ2v) is 13.6. The SMILES string of the molecule is C=Cc1cccc(C=C)c1N1C(=O)c2cc(F)c3c4ccc5c6c(ccc(c7c(F)cc(c2c37)C1=O)c64)C(=O)N(c1c(C=C)cccc1C(C)C)C5=O. The lowest BCUT2D eigenvalue weighted by Crippen LogP contribution is -2.41. The maximum absolute atomic E-state index is 16.8. The fraction of sp³-hybridized carbons (Fsp3) is 0.0667. The van der Waals surface area contributed by atoms with E-state index in [0.29, 0.717) is 38.5 Å². The maximum atomic E-state index is 16.8. The van der Waals surface area contributed by atoms with Crippen molar-refractivity contribution in [2.75, 3.05) is 9.80 Å². The van der Waals surface area contributed by atoms with Gasteiger partial charge in [0.1, 0.15) is 11.6 Å². The fourth-order valence-corrected chi connectivity index (χ4v) is 8.41. The van der Waals surface area contributed by atoms with Crippen molar-refractivity contribution in [3.63, 3.8) is 0 Å². The van der Waals surface area contributed by atoms with Crippen molar-refractivity contribution >= 4 is 96.3 Å². The molecule has 0 N–H and O–H groups in total. The van der Waals surface area contributed by atoms with Crippen LogP contribution in [0.4, 0.5) is 20.2 Å². The molecule has 0 aromatic heterocycles. The Labute approximate surface area is 301 Å². The summed E-state index contributed by atoms with van der Waals surface area (Å²) >= 11 is 0. The van der Waals surface area contributed by atoms with Crippen molar-refractivity contribution in [3.8, 4) is 0 Å². The summed E-state index contributed by atoms with van der Waals surface area (Å²) in [4.78, 5) is 59.6. The summed E-state index contributed by atoms with van der Waals surface area (Å²) in [7, 11) is 0. The van der Waals surface area contributed by atoms with Crippen LogP contribution in [0.2, 0.25) is 0 Å². The van der Waals surface area contributed by atoms with Crippen LogP contribution in [-0.2, 0) is 0 Å². The highest BCUT2D eigenvalue weighted by Gasteiger charge is 2.41. The number of rotatable bonds is 6. The molecular formula is C45H28F2N2O4. The van der Waals surface area contributed by atoms with E-state index in [1.165, 1.54) is 17.1 Å². The van der Waals surface area contributed by atoms with Gasteiger partial charge in [0.2, 0.25) is 0 Å². The molecule has 0 unspecified atom stereocenters. The van der Waals surface area contributed by atoms with Crippen LogP contribution in [0.25, 0.3) is 61.3 Å². The Morgan fingerprint density at radius 2 is 0.925 bits per heavy atom. The molecule has 256 valence electrons. The number of carbonyl (C=O) groups excluding carboxylic acids is 4. The zero-order valence-corrected chi connectivity index (χ0v) is 28.6. The molecule has 0 spiro atoms. The first-order valence-electron chi connectivity index (χ1n) is 17.0. The van der Waals surface area contributed by atoms with Crippen LogP contribution in [0.3, 0.4) is 0 Å². The molecule has 0 saturated carbocycles. The lowest BCUT2D eigenvalue weighted by atomic mass is 9.81. The van der Waals surface area contributed by atoms with E-state index in [1.54, 1.807) is 54.6 Å². The molecule has 0 radical (unpaired) electrons. The first kappa shape index (κ1) is 32.1. The number of fused-ring (bicyclic) bond motifs is 2. The van der Waals surface area contributed by atoms with E-state index < -0.39 is 35.3 Å². The minimum atomic E-state index is -0.822. The van der Waals surface area contributed by atoms with Gasteiger partial charge in [-0.2, -0.15) is 0 Å². The van der Waals surface area contributed by atoms with Gasteiger partial charge < -0.3 is 0 Å². The summed E-state index contributed by atoms with van der Waals surface area (Å²) in [6.45, 7) is 15.5. The standard InChI is InChI=1S/C45H28F2N2O4/c1-6-22-11-9-12-23(7-2)40(22)48-44(52)30-19-32(46)37-26-15-17-28-35-29(43(51)49(42(28)50)41-24(8-3)13-10-14-25(41)21(4)5)18-16-27(34(26)35)38-33(47)20-31(45(48)53)36(30)39(37)38/h6-21H,1-3H2,4-5H3. The van der Waals surface area contributed by atoms with Gasteiger partial charge in [0.15, 0.2) is 0 Å². The molecule has 9 rings (SSSR count). The van der Waals surface area contributed by atoms with E-state index in [-0.39, 0.29) is 60.8 Å². The summed E-state index contributed by atoms with van der Waals surface area (Å²) in [6, 6.07) is 19.0. The predicted molar refractivity (Wildman–Crippen MR) is 207 cm³/mol. The van der Waals surface area contributed by atoms with Gasteiger partial charge in [-0.1, -0.05) is 100 Å². The quantitative estimate of drug-likeness (QED) is 0.0984. The van der Waals surface area contributed by atoms with Crippen LogP contribution in [0.15, 0.2) is 92.5 Å². The molecule has 6 nitrogen and oxygen atoms in total. The molecule has 0 bridgehead atoms. The number of para-hydroxylation sites is 2. The van der Waals surface area contributed by atoms with E-state index in [9.17, 15) is 19.2 Å². The van der Waals surface area contributed by atoms with Gasteiger partial charge in [-0.3, -0.25) is 19.2 Å². The van der Waals surface area contributed by atoms with Crippen molar-refractivity contribution < 1.29 is 28.0 Å². The van der Waals surface area contributed by atoms with Crippen LogP contribution in [0, 0.1) is 11.6 Å². The van der Waals surface area contributed by atoms with Gasteiger partial charge in [0.25, 0.3) is 23.6 Å². The number of hydrogen-bond acceptors (Lipinski definition) is 4. The maximum Gasteiger partial charge on any atom is 0.266 e. The molecule has 8 heteroatoms. The van der Waals surface area contributed by atoms with E-state index >= 15 is 8.78 Å². The highest BCUT2D eigenvalue weighted by Crippen LogP contribution is 2.49. The Morgan fingerprint density at radius 1 is 0.509 bits per heavy atom. The summed E-state index contributed by atoms with van der Waals surface area (Å²) in [5.74, 6) is -4.39. The van der Waals surface area contributed by atoms with E-state index in [4.69, 9.17) is 0 Å². The molecular weight excluding hydrogens is 671 g/mol. The second-order valence-electron chi connectivity index (χ2n) is 13.6. The number of anilines is 2. The topological polar surface area (TPSA) is 74.8 Å². The van der Waals surface area contributed by atoms with Gasteiger partial charge >= 0.3 is 0 Å². The van der Waals surface area contributed by atoms with Crippen LogP contribution >= 0.6 is 0 Å². The Hall–Kier alpha value is -6.80. The number of imide groups is 2. The van der Waals surface area contributed by atoms with Gasteiger partial charge in [0.05, 0.1) is 22.5 Å². The molecule has 2 aliphatic heterocycles. The van der Waals surface area contributed by atoms with Crippen molar-refractivity contribution in [2.24, 2.45) is 0 Å². The van der Waals surface area contributed by atoms with Crippen LogP contribution in [0.1, 0.15) is 83.5 Å². The van der Waals surface area contributed by atoms with E-state index in [0.717, 1.165) is 22.6 Å². The molecule has 0 atom stereocenters. The summed E-state index contributed by atoms with van der Waals surface area (Å²) in [6.07, 6.45) is 4.58. The lowest BCUT2D eigenvalue weighted by molar-refractivity contribution is 0.0877. The zero-order valence-electron chi connectivity index (χ0n) is 28.6. The number of halogens is 2. The monoisotopic (exact) mass is 698 g/mol. The summed E-state index contributed by atoms with van der Waals surface area (Å²) in [5, 5.41) is 1.39. The molecule has 0 fully saturated rings. The average molecular weight is 699 g/mol. The molecule has 2 heterocycles. The largest absolute Gasteiger partial charge is 0.268 e. The first-order chi connectivity index (χ1) is 25.5. The minimum Gasteiger partial charge on any atom is -0.268 e. The molecule has 7 aromatic rings. The smallest absolute Gasteiger partial charge is 0.266 e. The lowest BCUT2D eigenvalue weighted by Gasteiger charge is -2.32. The summed E-state index contributed by atoms with van der Waals surface area (Å²) < 4.78 is 33.5. The number of nitrogens with zero attached hydrogens (tertiary/aromatic N) is 2. The third-order valence-corrected chi connectivity index (χ3v) is 10.7. The van der Waals surface area contributed by atoms with Gasteiger partial charge in [0, 0.05) is 38.1 Å². The number of benzene rings is 7. The summed E-state index contributed by atoms with van der Waals surface area (Å²) in [5.41, 5.74) is 3.14. The third kappa shape index (κ3) is 4.00. The van der Waals surface area contributed by atoms with Gasteiger partial charge in [-0.05, 0) is 68.6 Å². The highest BCUT2D eigenvalue weighted by atomic mass is 19.1. The Morgan fingerprint density at radius 3 is 1.40 bits per heavy atom. The molecule has 0 aliphatic carbocycles. The molecule has 7 aromatic carbocycles. The minimum absolute atomic E-state index is 0.0237. The van der Waals surface area contributed by atoms with E-state index in [2.05, 4.69) is 19.7 Å². The number of hydrogen-bond donors (Lipinski definition) is 0. The second kappa shape index (κ2) is 11.1. The number of carbonyl (C=O) groups is 4. The Balaban J connectivity index is 1.34. The normalized spacial score (nSPS) is 14.1. The van der Waals surface area contributed by atoms with Crippen molar-refractivity contribution in [1.29, 1.82) is 0 Å². The predicted octanol–water partition coefficient (Wildman–Crippen LogP) is 10.7. The Bertz CT molecular complexity index is 2790. The van der Waals surface area contributed by atoms with Gasteiger partial charge in [-0.25, -0.2) is 18.6 Å².